The SMILES string of the molecule is S=C(SCc1ccc(Br)cc1)N1CCC(Cc2ccccc2)CC1. The second kappa shape index (κ2) is 9.02. The van der Waals surface area contributed by atoms with Crippen LogP contribution >= 0.6 is 39.9 Å². The molecule has 24 heavy (non-hydrogen) atoms. The van der Waals surface area contributed by atoms with Crippen LogP contribution in [0.25, 0.3) is 0 Å². The lowest BCUT2D eigenvalue weighted by molar-refractivity contribution is 0.271. The Morgan fingerprint density at radius 2 is 1.67 bits per heavy atom. The van der Waals surface area contributed by atoms with E-state index < -0.39 is 0 Å². The van der Waals surface area contributed by atoms with Crippen molar-refractivity contribution >= 4 is 44.2 Å². The minimum absolute atomic E-state index is 0.794. The minimum Gasteiger partial charge on any atom is -0.357 e. The zero-order valence-corrected chi connectivity index (χ0v) is 16.9. The van der Waals surface area contributed by atoms with Gasteiger partial charge in [0.25, 0.3) is 0 Å². The number of thioether (sulfide) groups is 1. The molecule has 0 spiro atoms. The number of nitrogens with zero attached hydrogens (tertiary/aromatic N) is 1. The van der Waals surface area contributed by atoms with Crippen LogP contribution in [0.15, 0.2) is 59.1 Å². The zero-order valence-electron chi connectivity index (χ0n) is 13.7. The first kappa shape index (κ1) is 18.0. The lowest BCUT2D eigenvalue weighted by Crippen LogP contribution is -2.36. The molecule has 0 bridgehead atoms. The number of hydrogen-bond acceptors (Lipinski definition) is 2. The summed E-state index contributed by atoms with van der Waals surface area (Å²) in [5.74, 6) is 1.75. The first-order valence-corrected chi connectivity index (χ1v) is 10.6. The van der Waals surface area contributed by atoms with E-state index in [4.69, 9.17) is 12.2 Å². The van der Waals surface area contributed by atoms with Crippen LogP contribution in [0.5, 0.6) is 0 Å². The highest BCUT2D eigenvalue weighted by Crippen LogP contribution is 2.25. The number of rotatable bonds is 4. The van der Waals surface area contributed by atoms with E-state index in [9.17, 15) is 0 Å². The molecule has 0 saturated carbocycles. The Morgan fingerprint density at radius 3 is 2.33 bits per heavy atom. The van der Waals surface area contributed by atoms with Crippen LogP contribution in [0.3, 0.4) is 0 Å². The summed E-state index contributed by atoms with van der Waals surface area (Å²) >= 11 is 10.9. The molecule has 0 amide bonds. The summed E-state index contributed by atoms with van der Waals surface area (Å²) in [6, 6.07) is 19.3. The standard InChI is InChI=1S/C20H22BrNS2/c21-19-8-6-18(7-9-19)15-24-20(23)22-12-10-17(11-13-22)14-16-4-2-1-3-5-16/h1-9,17H,10-15H2. The molecule has 0 radical (unpaired) electrons. The van der Waals surface area contributed by atoms with Crippen molar-refractivity contribution in [3.8, 4) is 0 Å². The average Bonchev–Trinajstić information content (AvgIpc) is 2.62. The molecule has 1 nitrogen and oxygen atoms in total. The largest absolute Gasteiger partial charge is 0.357 e. The Labute approximate surface area is 163 Å². The van der Waals surface area contributed by atoms with Crippen LogP contribution in [0, 0.1) is 5.92 Å². The Bertz CT molecular complexity index is 649. The maximum absolute atomic E-state index is 5.65. The molecule has 2 aromatic carbocycles. The Hall–Kier alpha value is -0.840. The zero-order chi connectivity index (χ0) is 16.8. The van der Waals surface area contributed by atoms with Crippen LogP contribution in [-0.2, 0) is 12.2 Å². The van der Waals surface area contributed by atoms with Gasteiger partial charge in [-0.25, -0.2) is 0 Å². The number of benzene rings is 2. The third-order valence-corrected chi connectivity index (χ3v) is 6.64. The fourth-order valence-electron chi connectivity index (χ4n) is 3.08. The lowest BCUT2D eigenvalue weighted by atomic mass is 9.90. The number of likely N-dealkylation sites (tertiary alicyclic amines) is 1. The molecular weight excluding hydrogens is 398 g/mol. The third kappa shape index (κ3) is 5.33. The highest BCUT2D eigenvalue weighted by atomic mass is 79.9. The first-order chi connectivity index (χ1) is 11.7. The lowest BCUT2D eigenvalue weighted by Gasteiger charge is -2.33. The van der Waals surface area contributed by atoms with Crippen LogP contribution in [0.4, 0.5) is 0 Å². The predicted octanol–water partition coefficient (Wildman–Crippen LogP) is 5.92. The molecule has 3 rings (SSSR count). The predicted molar refractivity (Wildman–Crippen MR) is 112 cm³/mol. The highest BCUT2D eigenvalue weighted by molar-refractivity contribution is 9.10. The monoisotopic (exact) mass is 419 g/mol. The van der Waals surface area contributed by atoms with Crippen LogP contribution in [-0.4, -0.2) is 22.3 Å². The van der Waals surface area contributed by atoms with Crippen molar-refractivity contribution in [3.63, 3.8) is 0 Å². The molecule has 0 atom stereocenters. The van der Waals surface area contributed by atoms with Gasteiger partial charge in [0.05, 0.1) is 0 Å². The van der Waals surface area contributed by atoms with E-state index in [0.717, 1.165) is 33.6 Å². The van der Waals surface area contributed by atoms with E-state index in [1.54, 1.807) is 11.8 Å². The van der Waals surface area contributed by atoms with Gasteiger partial charge in [-0.2, -0.15) is 0 Å². The van der Waals surface area contributed by atoms with Gasteiger partial charge in [0, 0.05) is 23.3 Å². The number of thiocarbonyl (C=S) groups is 1. The summed E-state index contributed by atoms with van der Waals surface area (Å²) < 4.78 is 2.18. The third-order valence-electron chi connectivity index (χ3n) is 4.52. The number of hydrogen-bond donors (Lipinski definition) is 0. The van der Waals surface area contributed by atoms with Gasteiger partial charge < -0.3 is 4.90 Å². The molecule has 1 saturated heterocycles. The molecule has 0 aromatic heterocycles. The molecule has 0 N–H and O–H groups in total. The Balaban J connectivity index is 1.42. The van der Waals surface area contributed by atoms with E-state index in [1.165, 1.54) is 30.4 Å². The second-order valence-electron chi connectivity index (χ2n) is 6.30. The summed E-state index contributed by atoms with van der Waals surface area (Å²) in [6.07, 6.45) is 3.69. The van der Waals surface area contributed by atoms with Crippen molar-refractivity contribution in [2.45, 2.75) is 25.0 Å². The van der Waals surface area contributed by atoms with E-state index in [2.05, 4.69) is 75.4 Å². The van der Waals surface area contributed by atoms with Crippen molar-refractivity contribution < 1.29 is 0 Å². The molecule has 0 unspecified atom stereocenters. The maximum Gasteiger partial charge on any atom is 0.136 e. The molecule has 1 aliphatic heterocycles. The number of halogens is 1. The van der Waals surface area contributed by atoms with Crippen LogP contribution in [0.1, 0.15) is 24.0 Å². The van der Waals surface area contributed by atoms with E-state index in [1.807, 2.05) is 0 Å². The van der Waals surface area contributed by atoms with Gasteiger partial charge in [-0.1, -0.05) is 82.4 Å². The molecule has 1 aliphatic rings. The van der Waals surface area contributed by atoms with Gasteiger partial charge in [-0.15, -0.1) is 0 Å². The molecule has 1 heterocycles. The minimum atomic E-state index is 0.794. The van der Waals surface area contributed by atoms with Crippen molar-refractivity contribution in [2.24, 2.45) is 5.92 Å². The highest BCUT2D eigenvalue weighted by Gasteiger charge is 2.21. The van der Waals surface area contributed by atoms with Crippen molar-refractivity contribution in [2.75, 3.05) is 13.1 Å². The van der Waals surface area contributed by atoms with E-state index in [0.29, 0.717) is 0 Å². The van der Waals surface area contributed by atoms with Gasteiger partial charge in [-0.3, -0.25) is 0 Å². The summed E-state index contributed by atoms with van der Waals surface area (Å²) in [7, 11) is 0. The van der Waals surface area contributed by atoms with Crippen molar-refractivity contribution in [1.29, 1.82) is 0 Å². The van der Waals surface area contributed by atoms with Crippen LogP contribution < -0.4 is 0 Å². The average molecular weight is 420 g/mol. The van der Waals surface area contributed by atoms with Gasteiger partial charge in [-0.05, 0) is 48.4 Å². The van der Waals surface area contributed by atoms with Gasteiger partial charge in [0.2, 0.25) is 0 Å². The normalized spacial score (nSPS) is 15.5. The fraction of sp³-hybridized carbons (Fsp3) is 0.350. The van der Waals surface area contributed by atoms with E-state index in [-0.39, 0.29) is 0 Å². The first-order valence-electron chi connectivity index (χ1n) is 8.41. The van der Waals surface area contributed by atoms with Crippen molar-refractivity contribution in [3.05, 3.63) is 70.2 Å². The summed E-state index contributed by atoms with van der Waals surface area (Å²) in [4.78, 5) is 2.39. The smallest absolute Gasteiger partial charge is 0.136 e. The molecule has 2 aromatic rings. The molecule has 4 heteroatoms. The molecule has 0 aliphatic carbocycles. The van der Waals surface area contributed by atoms with Gasteiger partial charge >= 0.3 is 0 Å². The Morgan fingerprint density at radius 1 is 1.00 bits per heavy atom. The Kier molecular flexibility index (Phi) is 6.75. The van der Waals surface area contributed by atoms with Crippen molar-refractivity contribution in [1.82, 2.24) is 4.90 Å². The summed E-state index contributed by atoms with van der Waals surface area (Å²) in [5.41, 5.74) is 2.78. The van der Waals surface area contributed by atoms with Gasteiger partial charge in [0.1, 0.15) is 4.32 Å². The molecular formula is C20H22BrNS2. The quantitative estimate of drug-likeness (QED) is 0.565. The number of piperidine rings is 1. The molecule has 1 fully saturated rings. The van der Waals surface area contributed by atoms with E-state index >= 15 is 0 Å². The fourth-order valence-corrected chi connectivity index (χ4v) is 4.56. The molecule has 126 valence electrons. The summed E-state index contributed by atoms with van der Waals surface area (Å²) in [6.45, 7) is 2.20. The van der Waals surface area contributed by atoms with Crippen LogP contribution in [0.2, 0.25) is 0 Å². The summed E-state index contributed by atoms with van der Waals surface area (Å²) in [5, 5.41) is 0. The maximum atomic E-state index is 5.65. The topological polar surface area (TPSA) is 3.24 Å². The van der Waals surface area contributed by atoms with Gasteiger partial charge in [0.15, 0.2) is 0 Å². The second-order valence-corrected chi connectivity index (χ2v) is 8.83.